The van der Waals surface area contributed by atoms with Gasteiger partial charge in [-0.25, -0.2) is 9.50 Å². The zero-order valence-electron chi connectivity index (χ0n) is 12.7. The maximum atomic E-state index is 9.68. The van der Waals surface area contributed by atoms with Crippen molar-refractivity contribution in [3.63, 3.8) is 0 Å². The molecule has 0 radical (unpaired) electrons. The Labute approximate surface area is 142 Å². The van der Waals surface area contributed by atoms with Crippen molar-refractivity contribution in [2.75, 3.05) is 11.9 Å². The van der Waals surface area contributed by atoms with Gasteiger partial charge in [0.05, 0.1) is 24.0 Å². The fourth-order valence-corrected chi connectivity index (χ4v) is 3.79. The first kappa shape index (κ1) is 14.9. The summed E-state index contributed by atoms with van der Waals surface area (Å²) in [7, 11) is 0. The molecule has 5 nitrogen and oxygen atoms in total. The minimum absolute atomic E-state index is 0.107. The first-order valence-corrected chi connectivity index (χ1v) is 8.78. The number of nitrogens with zero attached hydrogens (tertiary/aromatic N) is 3. The molecule has 2 aromatic heterocycles. The van der Waals surface area contributed by atoms with Gasteiger partial charge in [0.25, 0.3) is 0 Å². The molecule has 7 heteroatoms. The Morgan fingerprint density at radius 2 is 2.13 bits per heavy atom. The van der Waals surface area contributed by atoms with E-state index in [0.29, 0.717) is 10.9 Å². The molecule has 0 saturated heterocycles. The van der Waals surface area contributed by atoms with E-state index in [1.165, 1.54) is 11.3 Å². The van der Waals surface area contributed by atoms with Crippen LogP contribution in [0, 0.1) is 5.92 Å². The lowest BCUT2D eigenvalue weighted by molar-refractivity contribution is 0.206. The molecule has 2 heterocycles. The Kier molecular flexibility index (Phi) is 3.55. The van der Waals surface area contributed by atoms with Crippen LogP contribution >= 0.6 is 22.9 Å². The number of aliphatic hydroxyl groups is 1. The molecule has 0 spiro atoms. The normalized spacial score (nSPS) is 17.3. The number of anilines is 1. The predicted molar refractivity (Wildman–Crippen MR) is 93.1 cm³/mol. The van der Waals surface area contributed by atoms with Crippen molar-refractivity contribution in [1.29, 1.82) is 0 Å². The number of benzene rings is 1. The molecule has 0 bridgehead atoms. The van der Waals surface area contributed by atoms with Gasteiger partial charge in [0.2, 0.25) is 10.1 Å². The Balaban J connectivity index is 1.60. The van der Waals surface area contributed by atoms with Crippen LogP contribution in [0.15, 0.2) is 30.5 Å². The first-order valence-electron chi connectivity index (χ1n) is 7.58. The average Bonchev–Trinajstić information content (AvgIpc) is 3.23. The van der Waals surface area contributed by atoms with Gasteiger partial charge in [0, 0.05) is 10.6 Å². The van der Waals surface area contributed by atoms with Gasteiger partial charge in [-0.05, 0) is 37.8 Å². The number of hydrogen-bond acceptors (Lipinski definition) is 5. The summed E-state index contributed by atoms with van der Waals surface area (Å²) in [6.07, 6.45) is 4.23. The molecular formula is C16H17ClN4OS. The minimum Gasteiger partial charge on any atom is -0.394 e. The van der Waals surface area contributed by atoms with Crippen molar-refractivity contribution in [3.05, 3.63) is 35.5 Å². The highest BCUT2D eigenvalue weighted by molar-refractivity contribution is 7.20. The van der Waals surface area contributed by atoms with E-state index >= 15 is 0 Å². The van der Waals surface area contributed by atoms with Gasteiger partial charge in [-0.15, -0.1) is 5.10 Å². The molecule has 0 aliphatic heterocycles. The summed E-state index contributed by atoms with van der Waals surface area (Å²) in [5.41, 5.74) is 1.59. The quantitative estimate of drug-likeness (QED) is 0.738. The van der Waals surface area contributed by atoms with E-state index in [-0.39, 0.29) is 12.1 Å². The largest absolute Gasteiger partial charge is 0.394 e. The molecule has 1 aliphatic carbocycles. The van der Waals surface area contributed by atoms with Crippen LogP contribution in [0.3, 0.4) is 0 Å². The fraction of sp³-hybridized carbons (Fsp3) is 0.375. The molecule has 3 aromatic rings. The molecular weight excluding hydrogens is 332 g/mol. The highest BCUT2D eigenvalue weighted by Gasteiger charge is 2.41. The van der Waals surface area contributed by atoms with Crippen molar-refractivity contribution in [1.82, 2.24) is 14.6 Å². The number of imidazole rings is 1. The minimum atomic E-state index is -0.297. The highest BCUT2D eigenvalue weighted by atomic mass is 35.5. The molecule has 4 rings (SSSR count). The molecule has 1 atom stereocenters. The van der Waals surface area contributed by atoms with Crippen LogP contribution in [0.4, 0.5) is 5.13 Å². The Hall–Kier alpha value is -1.63. The van der Waals surface area contributed by atoms with Crippen LogP contribution in [0.1, 0.15) is 19.8 Å². The molecule has 120 valence electrons. The second-order valence-electron chi connectivity index (χ2n) is 6.24. The van der Waals surface area contributed by atoms with E-state index in [9.17, 15) is 5.11 Å². The summed E-state index contributed by atoms with van der Waals surface area (Å²) in [5.74, 6) is 0.522. The van der Waals surface area contributed by atoms with Crippen LogP contribution in [0.25, 0.3) is 16.2 Å². The van der Waals surface area contributed by atoms with Crippen LogP contribution in [-0.2, 0) is 0 Å². The first-order chi connectivity index (χ1) is 11.1. The van der Waals surface area contributed by atoms with Gasteiger partial charge in [-0.1, -0.05) is 35.1 Å². The van der Waals surface area contributed by atoms with Gasteiger partial charge < -0.3 is 10.4 Å². The monoisotopic (exact) mass is 348 g/mol. The smallest absolute Gasteiger partial charge is 0.214 e. The second kappa shape index (κ2) is 5.47. The SMILES string of the molecule is CC(CO)(Nc1nn2cc(-c3ccc(Cl)cc3)nc2s1)C1CC1. The van der Waals surface area contributed by atoms with Crippen molar-refractivity contribution in [3.8, 4) is 11.3 Å². The number of hydrogen-bond donors (Lipinski definition) is 2. The molecule has 23 heavy (non-hydrogen) atoms. The Morgan fingerprint density at radius 1 is 1.39 bits per heavy atom. The summed E-state index contributed by atoms with van der Waals surface area (Å²) in [6, 6.07) is 7.61. The fourth-order valence-electron chi connectivity index (χ4n) is 2.75. The van der Waals surface area contributed by atoms with Crippen LogP contribution in [-0.4, -0.2) is 31.9 Å². The Bertz CT molecular complexity index is 808. The van der Waals surface area contributed by atoms with Crippen molar-refractivity contribution in [2.45, 2.75) is 25.3 Å². The third-order valence-electron chi connectivity index (χ3n) is 4.38. The zero-order valence-corrected chi connectivity index (χ0v) is 14.2. The average molecular weight is 349 g/mol. The molecule has 2 N–H and O–H groups in total. The molecule has 1 aliphatic rings. The number of halogens is 1. The lowest BCUT2D eigenvalue weighted by atomic mass is 9.97. The summed E-state index contributed by atoms with van der Waals surface area (Å²) in [5, 5.41) is 19.1. The number of fused-ring (bicyclic) bond motifs is 1. The topological polar surface area (TPSA) is 62.5 Å². The third-order valence-corrected chi connectivity index (χ3v) is 5.47. The lowest BCUT2D eigenvalue weighted by Gasteiger charge is -2.28. The molecule has 1 unspecified atom stereocenters. The number of aromatic nitrogens is 3. The van der Waals surface area contributed by atoms with E-state index in [2.05, 4.69) is 15.4 Å². The number of rotatable bonds is 5. The van der Waals surface area contributed by atoms with Crippen molar-refractivity contribution >= 4 is 33.0 Å². The van der Waals surface area contributed by atoms with E-state index in [1.54, 1.807) is 4.52 Å². The van der Waals surface area contributed by atoms with E-state index in [4.69, 9.17) is 11.6 Å². The highest BCUT2D eigenvalue weighted by Crippen LogP contribution is 2.41. The second-order valence-corrected chi connectivity index (χ2v) is 7.63. The zero-order chi connectivity index (χ0) is 16.0. The van der Waals surface area contributed by atoms with Gasteiger partial charge in [-0.3, -0.25) is 0 Å². The predicted octanol–water partition coefficient (Wildman–Crippen LogP) is 3.68. The molecule has 0 amide bonds. The van der Waals surface area contributed by atoms with E-state index in [0.717, 1.165) is 34.2 Å². The van der Waals surface area contributed by atoms with Crippen LogP contribution in [0.5, 0.6) is 0 Å². The summed E-state index contributed by atoms with van der Waals surface area (Å²) >= 11 is 7.41. The van der Waals surface area contributed by atoms with Gasteiger partial charge in [-0.2, -0.15) is 0 Å². The standard InChI is InChI=1S/C16H17ClN4OS/c1-16(9-22,11-4-5-11)19-14-20-21-8-13(18-15(21)23-14)10-2-6-12(17)7-3-10/h2-3,6-8,11,22H,4-5,9H2,1H3,(H,19,20). The van der Waals surface area contributed by atoms with Gasteiger partial charge in [0.1, 0.15) is 0 Å². The lowest BCUT2D eigenvalue weighted by Crippen LogP contribution is -2.41. The maximum Gasteiger partial charge on any atom is 0.214 e. The summed E-state index contributed by atoms with van der Waals surface area (Å²) in [6.45, 7) is 2.16. The molecule has 1 aromatic carbocycles. The van der Waals surface area contributed by atoms with Gasteiger partial charge >= 0.3 is 0 Å². The molecule has 1 saturated carbocycles. The summed E-state index contributed by atoms with van der Waals surface area (Å²) in [4.78, 5) is 5.45. The van der Waals surface area contributed by atoms with Gasteiger partial charge in [0.15, 0.2) is 0 Å². The Morgan fingerprint density at radius 3 is 2.74 bits per heavy atom. The van der Waals surface area contributed by atoms with E-state index < -0.39 is 0 Å². The van der Waals surface area contributed by atoms with Crippen molar-refractivity contribution < 1.29 is 5.11 Å². The van der Waals surface area contributed by atoms with Crippen LogP contribution in [0.2, 0.25) is 5.02 Å². The van der Waals surface area contributed by atoms with E-state index in [1.807, 2.05) is 37.4 Å². The third kappa shape index (κ3) is 2.82. The maximum absolute atomic E-state index is 9.68. The van der Waals surface area contributed by atoms with Crippen molar-refractivity contribution in [2.24, 2.45) is 5.92 Å². The summed E-state index contributed by atoms with van der Waals surface area (Å²) < 4.78 is 1.78. The number of aliphatic hydroxyl groups excluding tert-OH is 1. The number of nitrogens with one attached hydrogen (secondary N) is 1. The molecule has 1 fully saturated rings. The van der Waals surface area contributed by atoms with Crippen LogP contribution < -0.4 is 5.32 Å².